The van der Waals surface area contributed by atoms with Crippen molar-refractivity contribution in [3.8, 4) is 0 Å². The molecule has 84 valence electrons. The van der Waals surface area contributed by atoms with Crippen LogP contribution in [-0.2, 0) is 0 Å². The van der Waals surface area contributed by atoms with Gasteiger partial charge in [-0.25, -0.2) is 0 Å². The number of hydrogen-bond donors (Lipinski definition) is 1. The van der Waals surface area contributed by atoms with E-state index >= 15 is 0 Å². The molecular formula is C12H25NS. The number of thiol groups is 1. The van der Waals surface area contributed by atoms with E-state index in [1.165, 1.54) is 19.6 Å². The van der Waals surface area contributed by atoms with Crippen LogP contribution in [0.1, 0.15) is 27.7 Å². The maximum absolute atomic E-state index is 4.45. The molecule has 1 nitrogen and oxygen atoms in total. The first-order valence-electron chi connectivity index (χ1n) is 5.87. The first kappa shape index (κ1) is 12.4. The van der Waals surface area contributed by atoms with Crippen molar-refractivity contribution in [2.75, 3.05) is 25.4 Å². The van der Waals surface area contributed by atoms with Gasteiger partial charge in [-0.1, -0.05) is 27.7 Å². The molecule has 0 amide bonds. The van der Waals surface area contributed by atoms with Crippen molar-refractivity contribution in [3.05, 3.63) is 0 Å². The summed E-state index contributed by atoms with van der Waals surface area (Å²) in [5.41, 5.74) is 0. The van der Waals surface area contributed by atoms with Crippen LogP contribution in [0.3, 0.4) is 0 Å². The molecule has 3 atom stereocenters. The Morgan fingerprint density at radius 1 is 1.21 bits per heavy atom. The lowest BCUT2D eigenvalue weighted by Gasteiger charge is -2.25. The standard InChI is InChI=1S/C12H25NS/c1-9(2)12(8-14)7-13-5-10(3)11(4)6-13/h9-12,14H,5-8H2,1-4H3. The SMILES string of the molecule is CC(C)C(CS)CN1CC(C)C(C)C1. The minimum absolute atomic E-state index is 0.760. The van der Waals surface area contributed by atoms with E-state index in [9.17, 15) is 0 Å². The first-order chi connectivity index (χ1) is 6.54. The van der Waals surface area contributed by atoms with Gasteiger partial charge in [0.15, 0.2) is 0 Å². The van der Waals surface area contributed by atoms with Crippen LogP contribution >= 0.6 is 12.6 Å². The van der Waals surface area contributed by atoms with E-state index in [-0.39, 0.29) is 0 Å². The predicted molar refractivity (Wildman–Crippen MR) is 66.9 cm³/mol. The summed E-state index contributed by atoms with van der Waals surface area (Å²) in [4.78, 5) is 2.62. The zero-order valence-corrected chi connectivity index (χ0v) is 10.9. The lowest BCUT2D eigenvalue weighted by atomic mass is 9.97. The first-order valence-corrected chi connectivity index (χ1v) is 6.51. The Hall–Kier alpha value is 0.310. The Kier molecular flexibility index (Phi) is 4.78. The van der Waals surface area contributed by atoms with Gasteiger partial charge in [-0.3, -0.25) is 0 Å². The summed E-state index contributed by atoms with van der Waals surface area (Å²) in [7, 11) is 0. The Morgan fingerprint density at radius 3 is 2.07 bits per heavy atom. The van der Waals surface area contributed by atoms with E-state index in [2.05, 4.69) is 45.2 Å². The van der Waals surface area contributed by atoms with E-state index in [1.54, 1.807) is 0 Å². The van der Waals surface area contributed by atoms with E-state index in [4.69, 9.17) is 0 Å². The molecule has 0 aromatic carbocycles. The molecule has 0 aromatic heterocycles. The van der Waals surface area contributed by atoms with Crippen LogP contribution in [0.4, 0.5) is 0 Å². The highest BCUT2D eigenvalue weighted by molar-refractivity contribution is 7.80. The fourth-order valence-electron chi connectivity index (χ4n) is 2.21. The molecule has 0 spiro atoms. The average molecular weight is 215 g/mol. The highest BCUT2D eigenvalue weighted by Crippen LogP contribution is 2.24. The van der Waals surface area contributed by atoms with Gasteiger partial charge >= 0.3 is 0 Å². The van der Waals surface area contributed by atoms with Gasteiger partial charge in [-0.2, -0.15) is 12.6 Å². The van der Waals surface area contributed by atoms with Gasteiger partial charge in [-0.15, -0.1) is 0 Å². The van der Waals surface area contributed by atoms with Gasteiger partial charge in [-0.05, 0) is 29.4 Å². The molecule has 2 heteroatoms. The number of hydrogen-bond acceptors (Lipinski definition) is 2. The van der Waals surface area contributed by atoms with Crippen LogP contribution in [0.5, 0.6) is 0 Å². The Morgan fingerprint density at radius 2 is 1.71 bits per heavy atom. The molecule has 0 saturated carbocycles. The summed E-state index contributed by atoms with van der Waals surface area (Å²) in [5, 5.41) is 0. The predicted octanol–water partition coefficient (Wildman–Crippen LogP) is 2.78. The third-order valence-corrected chi connectivity index (χ3v) is 4.20. The molecule has 1 aliphatic heterocycles. The highest BCUT2D eigenvalue weighted by atomic mass is 32.1. The van der Waals surface area contributed by atoms with E-state index in [1.807, 2.05) is 0 Å². The molecule has 0 bridgehead atoms. The average Bonchev–Trinajstić information content (AvgIpc) is 2.41. The van der Waals surface area contributed by atoms with Gasteiger partial charge in [0.25, 0.3) is 0 Å². The van der Waals surface area contributed by atoms with Crippen molar-refractivity contribution >= 4 is 12.6 Å². The molecule has 0 aliphatic carbocycles. The van der Waals surface area contributed by atoms with Crippen molar-refractivity contribution < 1.29 is 0 Å². The topological polar surface area (TPSA) is 3.24 Å². The van der Waals surface area contributed by atoms with E-state index in [0.717, 1.165) is 29.4 Å². The smallest absolute Gasteiger partial charge is 0.00201 e. The van der Waals surface area contributed by atoms with Crippen molar-refractivity contribution in [1.29, 1.82) is 0 Å². The fourth-order valence-corrected chi connectivity index (χ4v) is 2.75. The lowest BCUT2D eigenvalue weighted by molar-refractivity contribution is 0.245. The molecule has 0 N–H and O–H groups in total. The minimum atomic E-state index is 0.760. The number of nitrogens with zero attached hydrogens (tertiary/aromatic N) is 1. The number of rotatable bonds is 4. The summed E-state index contributed by atoms with van der Waals surface area (Å²) in [5.74, 6) is 4.30. The molecule has 1 fully saturated rings. The van der Waals surface area contributed by atoms with E-state index < -0.39 is 0 Å². The molecule has 1 aliphatic rings. The summed E-state index contributed by atoms with van der Waals surface area (Å²) in [6.07, 6.45) is 0. The Balaban J connectivity index is 2.37. The van der Waals surface area contributed by atoms with Crippen LogP contribution in [0.25, 0.3) is 0 Å². The summed E-state index contributed by atoms with van der Waals surface area (Å²) < 4.78 is 0. The second-order valence-corrected chi connectivity index (χ2v) is 5.72. The third-order valence-electron chi connectivity index (χ3n) is 3.73. The van der Waals surface area contributed by atoms with Gasteiger partial charge in [0, 0.05) is 19.6 Å². The quantitative estimate of drug-likeness (QED) is 0.706. The molecular weight excluding hydrogens is 190 g/mol. The van der Waals surface area contributed by atoms with Crippen LogP contribution in [0, 0.1) is 23.7 Å². The maximum Gasteiger partial charge on any atom is 0.00201 e. The monoisotopic (exact) mass is 215 g/mol. The fraction of sp³-hybridized carbons (Fsp3) is 1.00. The summed E-state index contributed by atoms with van der Waals surface area (Å²) >= 11 is 4.45. The van der Waals surface area contributed by atoms with Crippen molar-refractivity contribution in [3.63, 3.8) is 0 Å². The maximum atomic E-state index is 4.45. The van der Waals surface area contributed by atoms with Gasteiger partial charge in [0.1, 0.15) is 0 Å². The van der Waals surface area contributed by atoms with Gasteiger partial charge in [0.05, 0.1) is 0 Å². The normalized spacial score (nSPS) is 31.3. The van der Waals surface area contributed by atoms with Crippen molar-refractivity contribution in [1.82, 2.24) is 4.90 Å². The Labute approximate surface area is 94.7 Å². The highest BCUT2D eigenvalue weighted by Gasteiger charge is 2.27. The van der Waals surface area contributed by atoms with Crippen molar-refractivity contribution in [2.45, 2.75) is 27.7 Å². The zero-order valence-electron chi connectivity index (χ0n) is 10.0. The second-order valence-electron chi connectivity index (χ2n) is 5.36. The molecule has 1 rings (SSSR count). The van der Waals surface area contributed by atoms with Gasteiger partial charge in [0.2, 0.25) is 0 Å². The molecule has 1 saturated heterocycles. The van der Waals surface area contributed by atoms with Crippen molar-refractivity contribution in [2.24, 2.45) is 23.7 Å². The Bertz CT molecular complexity index is 160. The zero-order chi connectivity index (χ0) is 10.7. The van der Waals surface area contributed by atoms with Crippen LogP contribution in [0.2, 0.25) is 0 Å². The molecule has 14 heavy (non-hydrogen) atoms. The third kappa shape index (κ3) is 3.16. The summed E-state index contributed by atoms with van der Waals surface area (Å²) in [6.45, 7) is 13.2. The molecule has 0 radical (unpaired) electrons. The summed E-state index contributed by atoms with van der Waals surface area (Å²) in [6, 6.07) is 0. The molecule has 1 heterocycles. The van der Waals surface area contributed by atoms with Crippen LogP contribution in [0.15, 0.2) is 0 Å². The van der Waals surface area contributed by atoms with Crippen LogP contribution < -0.4 is 0 Å². The lowest BCUT2D eigenvalue weighted by Crippen LogP contribution is -2.31. The molecule has 3 unspecified atom stereocenters. The van der Waals surface area contributed by atoms with E-state index in [0.29, 0.717) is 0 Å². The second kappa shape index (κ2) is 5.41. The number of likely N-dealkylation sites (tertiary alicyclic amines) is 1. The largest absolute Gasteiger partial charge is 0.302 e. The van der Waals surface area contributed by atoms with Crippen LogP contribution in [-0.4, -0.2) is 30.3 Å². The van der Waals surface area contributed by atoms with Gasteiger partial charge < -0.3 is 4.90 Å². The molecule has 0 aromatic rings. The minimum Gasteiger partial charge on any atom is -0.302 e.